The van der Waals surface area contributed by atoms with E-state index in [0.717, 1.165) is 5.56 Å². The van der Waals surface area contributed by atoms with Crippen LogP contribution in [0, 0.1) is 6.92 Å². The van der Waals surface area contributed by atoms with E-state index in [1.807, 2.05) is 25.1 Å². The van der Waals surface area contributed by atoms with Gasteiger partial charge in [-0.1, -0.05) is 42.0 Å². The Morgan fingerprint density at radius 1 is 1.25 bits per heavy atom. The predicted molar refractivity (Wildman–Crippen MR) is 86.5 cm³/mol. The molecule has 0 saturated heterocycles. The van der Waals surface area contributed by atoms with E-state index in [2.05, 4.69) is 5.32 Å². The first-order valence-corrected chi connectivity index (χ1v) is 6.74. The highest BCUT2D eigenvalue weighted by atomic mass is 35.5. The quantitative estimate of drug-likeness (QED) is 0.853. The van der Waals surface area contributed by atoms with Crippen LogP contribution in [0.4, 0.5) is 5.69 Å². The summed E-state index contributed by atoms with van der Waals surface area (Å²) in [7, 11) is 0. The fourth-order valence-electron chi connectivity index (χ4n) is 1.79. The third-order valence-corrected chi connectivity index (χ3v) is 3.44. The maximum Gasteiger partial charge on any atom is 0.255 e. The normalized spacial score (nSPS) is 10.1. The number of halogens is 1. The predicted octanol–water partition coefficient (Wildman–Crippen LogP) is 3.53. The van der Waals surface area contributed by atoms with Crippen molar-refractivity contribution in [3.63, 3.8) is 0 Å². The number of nitrogens with one attached hydrogen (secondary N) is 1. The Balaban J connectivity index is 2.25. The van der Waals surface area contributed by atoms with E-state index < -0.39 is 0 Å². The van der Waals surface area contributed by atoms with Crippen LogP contribution < -0.4 is 11.1 Å². The molecule has 0 heterocycles. The van der Waals surface area contributed by atoms with Gasteiger partial charge in [-0.15, -0.1) is 0 Å². The van der Waals surface area contributed by atoms with E-state index in [4.69, 9.17) is 29.6 Å². The number of thiocarbonyl (C=S) groups is 1. The molecule has 0 bridgehead atoms. The van der Waals surface area contributed by atoms with Crippen LogP contribution in [0.25, 0.3) is 0 Å². The molecule has 20 heavy (non-hydrogen) atoms. The van der Waals surface area contributed by atoms with Crippen LogP contribution in [-0.2, 0) is 0 Å². The smallest absolute Gasteiger partial charge is 0.255 e. The Morgan fingerprint density at radius 3 is 2.55 bits per heavy atom. The van der Waals surface area contributed by atoms with Crippen LogP contribution in [0.5, 0.6) is 0 Å². The molecule has 2 aromatic carbocycles. The number of aryl methyl sites for hydroxylation is 1. The van der Waals surface area contributed by atoms with E-state index in [1.165, 1.54) is 0 Å². The van der Waals surface area contributed by atoms with Gasteiger partial charge in [0, 0.05) is 11.1 Å². The molecule has 0 saturated carbocycles. The SMILES string of the molecule is Cc1ccccc1C(=O)Nc1ccc(C(N)=S)cc1Cl. The molecule has 0 radical (unpaired) electrons. The zero-order valence-electron chi connectivity index (χ0n) is 10.8. The number of rotatable bonds is 3. The molecule has 0 aliphatic heterocycles. The van der Waals surface area contributed by atoms with Crippen LogP contribution in [-0.4, -0.2) is 10.9 Å². The summed E-state index contributed by atoms with van der Waals surface area (Å²) in [6.07, 6.45) is 0. The number of carbonyl (C=O) groups is 1. The lowest BCUT2D eigenvalue weighted by atomic mass is 10.1. The van der Waals surface area contributed by atoms with Crippen molar-refractivity contribution in [1.29, 1.82) is 0 Å². The zero-order valence-corrected chi connectivity index (χ0v) is 12.4. The van der Waals surface area contributed by atoms with Crippen molar-refractivity contribution in [3.8, 4) is 0 Å². The number of amides is 1. The molecule has 0 fully saturated rings. The van der Waals surface area contributed by atoms with Gasteiger partial charge in [0.05, 0.1) is 10.7 Å². The Labute approximate surface area is 127 Å². The second-order valence-electron chi connectivity index (χ2n) is 4.33. The highest BCUT2D eigenvalue weighted by Crippen LogP contribution is 2.24. The van der Waals surface area contributed by atoms with Gasteiger partial charge in [-0.3, -0.25) is 4.79 Å². The standard InChI is InChI=1S/C15H13ClN2OS/c1-9-4-2-3-5-11(9)15(19)18-13-7-6-10(14(17)20)8-12(13)16/h2-8H,1H3,(H2,17,20)(H,18,19). The lowest BCUT2D eigenvalue weighted by molar-refractivity contribution is 0.102. The second-order valence-corrected chi connectivity index (χ2v) is 5.17. The molecule has 3 nitrogen and oxygen atoms in total. The number of hydrogen-bond acceptors (Lipinski definition) is 2. The highest BCUT2D eigenvalue weighted by molar-refractivity contribution is 7.80. The molecule has 0 spiro atoms. The number of hydrogen-bond donors (Lipinski definition) is 2. The Morgan fingerprint density at radius 2 is 1.95 bits per heavy atom. The minimum absolute atomic E-state index is 0.201. The minimum Gasteiger partial charge on any atom is -0.389 e. The molecular formula is C15H13ClN2OS. The van der Waals surface area contributed by atoms with Crippen LogP contribution >= 0.6 is 23.8 Å². The van der Waals surface area contributed by atoms with Crippen molar-refractivity contribution in [2.24, 2.45) is 5.73 Å². The molecule has 0 aromatic heterocycles. The van der Waals surface area contributed by atoms with Crippen molar-refractivity contribution in [2.75, 3.05) is 5.32 Å². The molecule has 0 aliphatic rings. The first kappa shape index (κ1) is 14.5. The number of benzene rings is 2. The van der Waals surface area contributed by atoms with Gasteiger partial charge in [0.1, 0.15) is 4.99 Å². The number of carbonyl (C=O) groups excluding carboxylic acids is 1. The van der Waals surface area contributed by atoms with Crippen LogP contribution in [0.1, 0.15) is 21.5 Å². The third kappa shape index (κ3) is 3.15. The molecule has 0 aliphatic carbocycles. The first-order chi connectivity index (χ1) is 9.49. The van der Waals surface area contributed by atoms with E-state index in [0.29, 0.717) is 21.8 Å². The molecule has 2 aromatic rings. The third-order valence-electron chi connectivity index (χ3n) is 2.89. The Hall–Kier alpha value is -1.91. The van der Waals surface area contributed by atoms with E-state index in [-0.39, 0.29) is 10.9 Å². The largest absolute Gasteiger partial charge is 0.389 e. The zero-order chi connectivity index (χ0) is 14.7. The summed E-state index contributed by atoms with van der Waals surface area (Å²) >= 11 is 11.0. The summed E-state index contributed by atoms with van der Waals surface area (Å²) < 4.78 is 0. The van der Waals surface area contributed by atoms with Crippen molar-refractivity contribution in [3.05, 3.63) is 64.2 Å². The summed E-state index contributed by atoms with van der Waals surface area (Å²) in [6, 6.07) is 12.4. The van der Waals surface area contributed by atoms with Crippen LogP contribution in [0.2, 0.25) is 5.02 Å². The number of anilines is 1. The van der Waals surface area contributed by atoms with Gasteiger partial charge >= 0.3 is 0 Å². The fourth-order valence-corrected chi connectivity index (χ4v) is 2.14. The van der Waals surface area contributed by atoms with Gasteiger partial charge < -0.3 is 11.1 Å². The fraction of sp³-hybridized carbons (Fsp3) is 0.0667. The van der Waals surface area contributed by atoms with Crippen LogP contribution in [0.3, 0.4) is 0 Å². The van der Waals surface area contributed by atoms with E-state index in [9.17, 15) is 4.79 Å². The minimum atomic E-state index is -0.201. The van der Waals surface area contributed by atoms with Crippen molar-refractivity contribution in [1.82, 2.24) is 0 Å². The Bertz CT molecular complexity index is 685. The maximum absolute atomic E-state index is 12.2. The Kier molecular flexibility index (Phi) is 4.37. The van der Waals surface area contributed by atoms with Gasteiger partial charge in [-0.25, -0.2) is 0 Å². The lowest BCUT2D eigenvalue weighted by Crippen LogP contribution is -2.14. The molecule has 0 atom stereocenters. The second kappa shape index (κ2) is 6.03. The topological polar surface area (TPSA) is 55.1 Å². The first-order valence-electron chi connectivity index (χ1n) is 5.95. The summed E-state index contributed by atoms with van der Waals surface area (Å²) in [5, 5.41) is 3.18. The summed E-state index contributed by atoms with van der Waals surface area (Å²) in [5.41, 5.74) is 8.24. The van der Waals surface area contributed by atoms with Gasteiger partial charge in [-0.2, -0.15) is 0 Å². The molecule has 1 amide bonds. The van der Waals surface area contributed by atoms with E-state index >= 15 is 0 Å². The van der Waals surface area contributed by atoms with Gasteiger partial charge in [-0.05, 0) is 36.8 Å². The van der Waals surface area contributed by atoms with Crippen molar-refractivity contribution < 1.29 is 4.79 Å². The number of nitrogens with two attached hydrogens (primary N) is 1. The van der Waals surface area contributed by atoms with Gasteiger partial charge in [0.2, 0.25) is 0 Å². The van der Waals surface area contributed by atoms with E-state index in [1.54, 1.807) is 24.3 Å². The average Bonchev–Trinajstić information content (AvgIpc) is 2.41. The molecule has 102 valence electrons. The van der Waals surface area contributed by atoms with Gasteiger partial charge in [0.15, 0.2) is 0 Å². The average molecular weight is 305 g/mol. The van der Waals surface area contributed by atoms with Gasteiger partial charge in [0.25, 0.3) is 5.91 Å². The lowest BCUT2D eigenvalue weighted by Gasteiger charge is -2.10. The molecule has 5 heteroatoms. The van der Waals surface area contributed by atoms with Crippen molar-refractivity contribution in [2.45, 2.75) is 6.92 Å². The molecular weight excluding hydrogens is 292 g/mol. The highest BCUT2D eigenvalue weighted by Gasteiger charge is 2.11. The summed E-state index contributed by atoms with van der Waals surface area (Å²) in [5.74, 6) is -0.201. The summed E-state index contributed by atoms with van der Waals surface area (Å²) in [6.45, 7) is 1.88. The van der Waals surface area contributed by atoms with Crippen LogP contribution in [0.15, 0.2) is 42.5 Å². The van der Waals surface area contributed by atoms with Crippen molar-refractivity contribution >= 4 is 40.4 Å². The molecule has 2 rings (SSSR count). The molecule has 0 unspecified atom stereocenters. The maximum atomic E-state index is 12.2. The monoisotopic (exact) mass is 304 g/mol. The summed E-state index contributed by atoms with van der Waals surface area (Å²) in [4.78, 5) is 12.5. The molecule has 3 N–H and O–H groups in total.